The highest BCUT2D eigenvalue weighted by Crippen LogP contribution is 2.35. The number of rotatable bonds is 5. The number of carbonyl (C=O) groups excluding carboxylic acids is 1. The molecule has 0 amide bonds. The van der Waals surface area contributed by atoms with Crippen LogP contribution in [0.3, 0.4) is 0 Å². The molecule has 1 aliphatic rings. The fraction of sp³-hybridized carbons (Fsp3) is 0.190. The SMILES string of the molecule is CCOC(=O)C1=C(c2ccccc2)N(c2cccc([N+](=O)[O-])c2)CC(C)=C1. The lowest BCUT2D eigenvalue weighted by Gasteiger charge is -2.32. The van der Waals surface area contributed by atoms with Gasteiger partial charge in [-0.3, -0.25) is 10.1 Å². The predicted molar refractivity (Wildman–Crippen MR) is 104 cm³/mol. The summed E-state index contributed by atoms with van der Waals surface area (Å²) in [7, 11) is 0. The zero-order valence-corrected chi connectivity index (χ0v) is 15.2. The van der Waals surface area contributed by atoms with Crippen molar-refractivity contribution in [2.45, 2.75) is 13.8 Å². The van der Waals surface area contributed by atoms with Gasteiger partial charge in [0.05, 0.1) is 22.8 Å². The third kappa shape index (κ3) is 3.89. The van der Waals surface area contributed by atoms with Gasteiger partial charge in [-0.05, 0) is 31.6 Å². The maximum atomic E-state index is 12.6. The highest BCUT2D eigenvalue weighted by atomic mass is 16.6. The van der Waals surface area contributed by atoms with Gasteiger partial charge in [0.1, 0.15) is 0 Å². The lowest BCUT2D eigenvalue weighted by atomic mass is 9.97. The zero-order chi connectivity index (χ0) is 19.4. The smallest absolute Gasteiger partial charge is 0.340 e. The van der Waals surface area contributed by atoms with Gasteiger partial charge in [0.25, 0.3) is 5.69 Å². The first-order chi connectivity index (χ1) is 13.0. The van der Waals surface area contributed by atoms with Crippen LogP contribution in [0, 0.1) is 10.1 Å². The number of anilines is 1. The van der Waals surface area contributed by atoms with E-state index in [1.807, 2.05) is 48.2 Å². The number of nitro groups is 1. The van der Waals surface area contributed by atoms with Gasteiger partial charge >= 0.3 is 5.97 Å². The third-order valence-electron chi connectivity index (χ3n) is 4.22. The molecular weight excluding hydrogens is 344 g/mol. The summed E-state index contributed by atoms with van der Waals surface area (Å²) < 4.78 is 5.25. The molecule has 0 saturated carbocycles. The number of hydrogen-bond donors (Lipinski definition) is 0. The molecule has 1 heterocycles. The maximum Gasteiger partial charge on any atom is 0.340 e. The van der Waals surface area contributed by atoms with Crippen molar-refractivity contribution in [1.82, 2.24) is 0 Å². The Labute approximate surface area is 157 Å². The van der Waals surface area contributed by atoms with Gasteiger partial charge in [-0.1, -0.05) is 42.0 Å². The molecule has 6 heteroatoms. The van der Waals surface area contributed by atoms with E-state index in [4.69, 9.17) is 4.74 Å². The summed E-state index contributed by atoms with van der Waals surface area (Å²) in [6.45, 7) is 4.48. The normalized spacial score (nSPS) is 14.0. The van der Waals surface area contributed by atoms with Crippen molar-refractivity contribution in [2.75, 3.05) is 18.1 Å². The first kappa shape index (κ1) is 18.4. The lowest BCUT2D eigenvalue weighted by Crippen LogP contribution is -2.30. The van der Waals surface area contributed by atoms with Crippen molar-refractivity contribution in [2.24, 2.45) is 0 Å². The van der Waals surface area contributed by atoms with E-state index in [0.717, 1.165) is 11.1 Å². The Kier molecular flexibility index (Phi) is 5.35. The van der Waals surface area contributed by atoms with E-state index in [0.29, 0.717) is 23.5 Å². The van der Waals surface area contributed by atoms with Crippen LogP contribution in [0.2, 0.25) is 0 Å². The second-order valence-corrected chi connectivity index (χ2v) is 6.20. The number of ether oxygens (including phenoxy) is 1. The molecule has 0 saturated heterocycles. The molecule has 138 valence electrons. The summed E-state index contributed by atoms with van der Waals surface area (Å²) >= 11 is 0. The van der Waals surface area contributed by atoms with Crippen LogP contribution in [0.1, 0.15) is 19.4 Å². The minimum atomic E-state index is -0.422. The number of hydrogen-bond acceptors (Lipinski definition) is 5. The molecule has 0 aliphatic carbocycles. The molecule has 2 aromatic rings. The second kappa shape index (κ2) is 7.86. The maximum absolute atomic E-state index is 12.6. The Hall–Kier alpha value is -3.41. The van der Waals surface area contributed by atoms with Crippen LogP contribution < -0.4 is 4.90 Å². The molecule has 2 aromatic carbocycles. The molecule has 0 bridgehead atoms. The molecule has 27 heavy (non-hydrogen) atoms. The average Bonchev–Trinajstić information content (AvgIpc) is 2.68. The molecule has 0 radical (unpaired) electrons. The summed E-state index contributed by atoms with van der Waals surface area (Å²) in [5, 5.41) is 11.2. The van der Waals surface area contributed by atoms with Crippen LogP contribution in [-0.2, 0) is 9.53 Å². The summed E-state index contributed by atoms with van der Waals surface area (Å²) in [5.41, 5.74) is 3.58. The van der Waals surface area contributed by atoms with Gasteiger partial charge in [-0.25, -0.2) is 4.79 Å². The number of non-ortho nitro benzene ring substituents is 1. The highest BCUT2D eigenvalue weighted by molar-refractivity contribution is 6.04. The summed E-state index contributed by atoms with van der Waals surface area (Å²) in [6, 6.07) is 15.9. The molecule has 0 spiro atoms. The Balaban J connectivity index is 2.20. The Morgan fingerprint density at radius 3 is 2.59 bits per heavy atom. The first-order valence-electron chi connectivity index (χ1n) is 8.67. The van der Waals surface area contributed by atoms with Crippen LogP contribution in [0.15, 0.2) is 71.8 Å². The first-order valence-corrected chi connectivity index (χ1v) is 8.67. The van der Waals surface area contributed by atoms with Gasteiger partial charge in [0, 0.05) is 24.4 Å². The van der Waals surface area contributed by atoms with Crippen LogP contribution in [0.25, 0.3) is 5.70 Å². The monoisotopic (exact) mass is 364 g/mol. The van der Waals surface area contributed by atoms with E-state index in [-0.39, 0.29) is 12.3 Å². The zero-order valence-electron chi connectivity index (χ0n) is 15.2. The number of nitrogens with zero attached hydrogens (tertiary/aromatic N) is 2. The van der Waals surface area contributed by atoms with Gasteiger partial charge in [-0.2, -0.15) is 0 Å². The van der Waals surface area contributed by atoms with E-state index >= 15 is 0 Å². The molecule has 3 rings (SSSR count). The van der Waals surface area contributed by atoms with Gasteiger partial charge in [0.15, 0.2) is 0 Å². The largest absolute Gasteiger partial charge is 0.462 e. The minimum Gasteiger partial charge on any atom is -0.462 e. The number of benzene rings is 2. The van der Waals surface area contributed by atoms with Crippen LogP contribution in [0.5, 0.6) is 0 Å². The van der Waals surface area contributed by atoms with E-state index in [9.17, 15) is 14.9 Å². The molecule has 0 atom stereocenters. The number of carbonyl (C=O) groups is 1. The molecule has 0 unspecified atom stereocenters. The topological polar surface area (TPSA) is 72.7 Å². The Morgan fingerprint density at radius 1 is 1.19 bits per heavy atom. The standard InChI is InChI=1S/C21H20N2O4/c1-3-27-21(24)19-12-15(2)14-22(20(19)16-8-5-4-6-9-16)17-10-7-11-18(13-17)23(25)26/h4-13H,3,14H2,1-2H3. The quantitative estimate of drug-likeness (QED) is 0.448. The van der Waals surface area contributed by atoms with Crippen molar-refractivity contribution in [3.63, 3.8) is 0 Å². The molecule has 6 nitrogen and oxygen atoms in total. The predicted octanol–water partition coefficient (Wildman–Crippen LogP) is 4.34. The molecule has 1 aliphatic heterocycles. The van der Waals surface area contributed by atoms with E-state index in [1.165, 1.54) is 12.1 Å². The summed E-state index contributed by atoms with van der Waals surface area (Å²) in [4.78, 5) is 25.3. The molecule has 0 fully saturated rings. The molecular formula is C21H20N2O4. The fourth-order valence-corrected chi connectivity index (χ4v) is 3.10. The number of nitro benzene ring substituents is 1. The van der Waals surface area contributed by atoms with Crippen LogP contribution in [-0.4, -0.2) is 24.0 Å². The minimum absolute atomic E-state index is 0.00445. The Bertz CT molecular complexity index is 932. The second-order valence-electron chi connectivity index (χ2n) is 6.20. The third-order valence-corrected chi connectivity index (χ3v) is 4.22. The number of esters is 1. The fourth-order valence-electron chi connectivity index (χ4n) is 3.10. The van der Waals surface area contributed by atoms with Gasteiger partial charge in [0.2, 0.25) is 0 Å². The van der Waals surface area contributed by atoms with Crippen molar-refractivity contribution in [3.8, 4) is 0 Å². The lowest BCUT2D eigenvalue weighted by molar-refractivity contribution is -0.384. The van der Waals surface area contributed by atoms with Crippen molar-refractivity contribution in [3.05, 3.63) is 87.5 Å². The van der Waals surface area contributed by atoms with E-state index < -0.39 is 10.9 Å². The van der Waals surface area contributed by atoms with Crippen LogP contribution >= 0.6 is 0 Å². The summed E-state index contributed by atoms with van der Waals surface area (Å²) in [6.07, 6.45) is 1.83. The Morgan fingerprint density at radius 2 is 1.93 bits per heavy atom. The van der Waals surface area contributed by atoms with Gasteiger partial charge in [-0.15, -0.1) is 0 Å². The van der Waals surface area contributed by atoms with E-state index in [1.54, 1.807) is 19.1 Å². The van der Waals surface area contributed by atoms with E-state index in [2.05, 4.69) is 0 Å². The van der Waals surface area contributed by atoms with Crippen molar-refractivity contribution in [1.29, 1.82) is 0 Å². The van der Waals surface area contributed by atoms with Crippen LogP contribution in [0.4, 0.5) is 11.4 Å². The van der Waals surface area contributed by atoms with Crippen molar-refractivity contribution < 1.29 is 14.5 Å². The molecule has 0 aromatic heterocycles. The molecule has 0 N–H and O–H groups in total. The van der Waals surface area contributed by atoms with Crippen molar-refractivity contribution >= 4 is 23.0 Å². The average molecular weight is 364 g/mol. The highest BCUT2D eigenvalue weighted by Gasteiger charge is 2.27. The summed E-state index contributed by atoms with van der Waals surface area (Å²) in [5.74, 6) is -0.411. The van der Waals surface area contributed by atoms with Gasteiger partial charge < -0.3 is 9.64 Å².